The molecule has 2 rings (SSSR count). The van der Waals surface area contributed by atoms with Crippen LogP contribution in [-0.2, 0) is 20.2 Å². The molecule has 1 aromatic heterocycles. The minimum Gasteiger partial charge on any atom is -0.282 e. The maximum absolute atomic E-state index is 11.2. The minimum absolute atomic E-state index is 0.0280. The third kappa shape index (κ3) is 2.34. The molecule has 2 N–H and O–H groups in total. The predicted octanol–water partition coefficient (Wildman–Crippen LogP) is 0.728. The van der Waals surface area contributed by atoms with E-state index in [2.05, 4.69) is 4.98 Å². The van der Waals surface area contributed by atoms with E-state index in [0.717, 1.165) is 0 Å². The third-order valence-electron chi connectivity index (χ3n) is 2.20. The number of pyridine rings is 1. The van der Waals surface area contributed by atoms with Crippen molar-refractivity contribution in [3.63, 3.8) is 0 Å². The molecule has 0 bridgehead atoms. The highest BCUT2D eigenvalue weighted by Gasteiger charge is 2.21. The molecule has 7 nitrogen and oxygen atoms in total. The standard InChI is InChI=1S/C9H7NO6S2/c11-17(12,13)8-5-9(18(14,15)16)10-7-4-2-1-3-6(7)8/h1-5H,(H,11,12,13)(H,14,15,16). The molecule has 1 heterocycles. The van der Waals surface area contributed by atoms with Gasteiger partial charge in [-0.2, -0.15) is 16.8 Å². The molecule has 1 aromatic carbocycles. The number of aromatic nitrogens is 1. The number of fused-ring (bicyclic) bond motifs is 1. The molecule has 0 aliphatic rings. The van der Waals surface area contributed by atoms with E-state index in [1.165, 1.54) is 24.3 Å². The van der Waals surface area contributed by atoms with Gasteiger partial charge in [-0.3, -0.25) is 9.11 Å². The second-order valence-corrected chi connectivity index (χ2v) is 6.18. The summed E-state index contributed by atoms with van der Waals surface area (Å²) < 4.78 is 62.2. The molecule has 0 aliphatic heterocycles. The summed E-state index contributed by atoms with van der Waals surface area (Å²) in [6, 6.07) is 6.34. The molecule has 0 spiro atoms. The van der Waals surface area contributed by atoms with Crippen LogP contribution in [0.2, 0.25) is 0 Å². The number of benzene rings is 1. The number of nitrogens with zero attached hydrogens (tertiary/aromatic N) is 1. The van der Waals surface area contributed by atoms with E-state index >= 15 is 0 Å². The van der Waals surface area contributed by atoms with Gasteiger partial charge in [-0.15, -0.1) is 0 Å². The summed E-state index contributed by atoms with van der Waals surface area (Å²) in [4.78, 5) is 2.98. The molecule has 0 fully saturated rings. The van der Waals surface area contributed by atoms with Crippen molar-refractivity contribution in [2.45, 2.75) is 9.92 Å². The van der Waals surface area contributed by atoms with Crippen LogP contribution >= 0.6 is 0 Å². The van der Waals surface area contributed by atoms with Crippen molar-refractivity contribution in [2.75, 3.05) is 0 Å². The van der Waals surface area contributed by atoms with Crippen molar-refractivity contribution in [1.29, 1.82) is 0 Å². The average Bonchev–Trinajstić information content (AvgIpc) is 2.25. The van der Waals surface area contributed by atoms with Gasteiger partial charge in [0.25, 0.3) is 10.1 Å². The summed E-state index contributed by atoms with van der Waals surface area (Å²) >= 11 is 0. The van der Waals surface area contributed by atoms with Crippen LogP contribution < -0.4 is 0 Å². The molecular weight excluding hydrogens is 282 g/mol. The zero-order valence-corrected chi connectivity index (χ0v) is 10.3. The Hall–Kier alpha value is -1.55. The Bertz CT molecular complexity index is 825. The van der Waals surface area contributed by atoms with E-state index in [1.807, 2.05) is 0 Å². The smallest absolute Gasteiger partial charge is 0.282 e. The molecule has 9 heteroatoms. The van der Waals surface area contributed by atoms with Crippen LogP contribution in [0.1, 0.15) is 0 Å². The summed E-state index contributed by atoms with van der Waals surface area (Å²) in [5.74, 6) is 0. The Morgan fingerprint density at radius 3 is 2.11 bits per heavy atom. The largest absolute Gasteiger partial charge is 0.312 e. The molecule has 0 saturated heterocycles. The van der Waals surface area contributed by atoms with Gasteiger partial charge in [0.15, 0.2) is 5.03 Å². The topological polar surface area (TPSA) is 122 Å². The fourth-order valence-electron chi connectivity index (χ4n) is 1.47. The fraction of sp³-hybridized carbons (Fsp3) is 0. The van der Waals surface area contributed by atoms with Gasteiger partial charge in [0.05, 0.1) is 5.52 Å². The van der Waals surface area contributed by atoms with Crippen molar-refractivity contribution < 1.29 is 25.9 Å². The Kier molecular flexibility index (Phi) is 2.86. The maximum Gasteiger partial charge on any atom is 0.312 e. The molecule has 0 unspecified atom stereocenters. The van der Waals surface area contributed by atoms with Gasteiger partial charge < -0.3 is 0 Å². The van der Waals surface area contributed by atoms with E-state index < -0.39 is 30.2 Å². The quantitative estimate of drug-likeness (QED) is 0.781. The highest BCUT2D eigenvalue weighted by Crippen LogP contribution is 2.24. The normalized spacial score (nSPS) is 12.8. The van der Waals surface area contributed by atoms with Gasteiger partial charge >= 0.3 is 10.1 Å². The van der Waals surface area contributed by atoms with Crippen molar-refractivity contribution in [1.82, 2.24) is 4.98 Å². The third-order valence-corrected chi connectivity index (χ3v) is 3.83. The monoisotopic (exact) mass is 289 g/mol. The van der Waals surface area contributed by atoms with Crippen LogP contribution in [0, 0.1) is 0 Å². The minimum atomic E-state index is -4.66. The van der Waals surface area contributed by atoms with Gasteiger partial charge in [-0.25, -0.2) is 4.98 Å². The van der Waals surface area contributed by atoms with Crippen LogP contribution in [-0.4, -0.2) is 30.9 Å². The highest BCUT2D eigenvalue weighted by atomic mass is 32.2. The second kappa shape index (κ2) is 3.99. The van der Waals surface area contributed by atoms with Gasteiger partial charge in [0.2, 0.25) is 0 Å². The Labute approximate surface area is 103 Å². The van der Waals surface area contributed by atoms with Crippen LogP contribution in [0.15, 0.2) is 40.3 Å². The summed E-state index contributed by atoms with van der Waals surface area (Å²) in [7, 11) is -9.29. The van der Waals surface area contributed by atoms with Crippen molar-refractivity contribution in [3.8, 4) is 0 Å². The van der Waals surface area contributed by atoms with E-state index in [1.54, 1.807) is 0 Å². The first kappa shape index (κ1) is 12.9. The first-order chi connectivity index (χ1) is 8.19. The van der Waals surface area contributed by atoms with Gasteiger partial charge in [-0.1, -0.05) is 18.2 Å². The van der Waals surface area contributed by atoms with Crippen molar-refractivity contribution >= 4 is 31.1 Å². The zero-order chi connectivity index (χ0) is 13.6. The van der Waals surface area contributed by atoms with E-state index in [4.69, 9.17) is 9.11 Å². The second-order valence-electron chi connectivity index (χ2n) is 3.43. The summed E-state index contributed by atoms with van der Waals surface area (Å²) in [6.07, 6.45) is 0. The first-order valence-electron chi connectivity index (χ1n) is 4.54. The van der Waals surface area contributed by atoms with E-state index in [0.29, 0.717) is 6.07 Å². The molecule has 0 saturated carbocycles. The number of para-hydroxylation sites is 1. The van der Waals surface area contributed by atoms with E-state index in [9.17, 15) is 16.8 Å². The maximum atomic E-state index is 11.2. The molecule has 0 atom stereocenters. The number of hydrogen-bond acceptors (Lipinski definition) is 5. The molecule has 2 aromatic rings. The van der Waals surface area contributed by atoms with Crippen LogP contribution in [0.25, 0.3) is 10.9 Å². The van der Waals surface area contributed by atoms with Crippen molar-refractivity contribution in [3.05, 3.63) is 30.3 Å². The lowest BCUT2D eigenvalue weighted by Gasteiger charge is -2.05. The number of rotatable bonds is 2. The molecule has 0 radical (unpaired) electrons. The summed E-state index contributed by atoms with van der Waals surface area (Å²) in [6.45, 7) is 0. The Morgan fingerprint density at radius 2 is 1.56 bits per heavy atom. The molecule has 18 heavy (non-hydrogen) atoms. The lowest BCUT2D eigenvalue weighted by atomic mass is 10.2. The van der Waals surface area contributed by atoms with Gasteiger partial charge in [0.1, 0.15) is 4.90 Å². The molecular formula is C9H7NO6S2. The highest BCUT2D eigenvalue weighted by molar-refractivity contribution is 7.86. The van der Waals surface area contributed by atoms with Crippen molar-refractivity contribution in [2.24, 2.45) is 0 Å². The van der Waals surface area contributed by atoms with E-state index in [-0.39, 0.29) is 10.9 Å². The van der Waals surface area contributed by atoms with Gasteiger partial charge in [-0.05, 0) is 12.1 Å². The SMILES string of the molecule is O=S(=O)(O)c1cc(S(=O)(=O)O)c2ccccc2n1. The lowest BCUT2D eigenvalue weighted by Crippen LogP contribution is -2.06. The van der Waals surface area contributed by atoms with Gasteiger partial charge in [0, 0.05) is 5.39 Å². The summed E-state index contributed by atoms with van der Waals surface area (Å²) in [5, 5.41) is -0.777. The lowest BCUT2D eigenvalue weighted by molar-refractivity contribution is 0.478. The predicted molar refractivity (Wildman–Crippen MR) is 61.4 cm³/mol. The number of hydrogen-bond donors (Lipinski definition) is 2. The molecule has 0 amide bonds. The first-order valence-corrected chi connectivity index (χ1v) is 7.42. The van der Waals surface area contributed by atoms with Crippen LogP contribution in [0.3, 0.4) is 0 Å². The average molecular weight is 289 g/mol. The van der Waals surface area contributed by atoms with Crippen LogP contribution in [0.4, 0.5) is 0 Å². The molecule has 0 aliphatic carbocycles. The zero-order valence-electron chi connectivity index (χ0n) is 8.68. The van der Waals surface area contributed by atoms with Crippen LogP contribution in [0.5, 0.6) is 0 Å². The fourth-order valence-corrected chi connectivity index (χ4v) is 2.73. The molecule has 96 valence electrons. The summed E-state index contributed by atoms with van der Waals surface area (Å²) in [5.41, 5.74) is 0.0280. The Balaban J connectivity index is 3.00. The Morgan fingerprint density at radius 1 is 0.944 bits per heavy atom.